The highest BCUT2D eigenvalue weighted by Gasteiger charge is 2.41. The quantitative estimate of drug-likeness (QED) is 0.878. The molecule has 0 radical (unpaired) electrons. The Morgan fingerprint density at radius 2 is 1.76 bits per heavy atom. The van der Waals surface area contributed by atoms with Gasteiger partial charge in [0.15, 0.2) is 6.10 Å². The molecule has 17 heavy (non-hydrogen) atoms. The molecule has 0 saturated heterocycles. The van der Waals surface area contributed by atoms with Gasteiger partial charge in [-0.05, 0) is 18.2 Å². The molecule has 0 fully saturated rings. The molecule has 1 unspecified atom stereocenters. The summed E-state index contributed by atoms with van der Waals surface area (Å²) in [6.45, 7) is 0. The van der Waals surface area contributed by atoms with E-state index in [9.17, 15) is 18.3 Å². The van der Waals surface area contributed by atoms with Crippen molar-refractivity contribution in [3.8, 4) is 5.69 Å². The molecule has 0 spiro atoms. The first-order valence-corrected chi connectivity index (χ1v) is 4.84. The summed E-state index contributed by atoms with van der Waals surface area (Å²) in [4.78, 5) is 0. The molecule has 0 saturated carbocycles. The van der Waals surface area contributed by atoms with Gasteiger partial charge in [-0.25, -0.2) is 4.68 Å². The Labute approximate surface area is 95.1 Å². The number of benzene rings is 1. The zero-order valence-electron chi connectivity index (χ0n) is 8.59. The molecule has 6 heteroatoms. The highest BCUT2D eigenvalue weighted by Crippen LogP contribution is 2.32. The second-order valence-corrected chi connectivity index (χ2v) is 3.45. The minimum absolute atomic E-state index is 0.302. The fourth-order valence-electron chi connectivity index (χ4n) is 1.47. The number of aromatic nitrogens is 2. The van der Waals surface area contributed by atoms with Gasteiger partial charge >= 0.3 is 6.18 Å². The molecule has 1 heterocycles. The summed E-state index contributed by atoms with van der Waals surface area (Å²) in [7, 11) is 0. The van der Waals surface area contributed by atoms with Crippen LogP contribution in [-0.4, -0.2) is 21.1 Å². The van der Waals surface area contributed by atoms with Crippen LogP contribution in [0, 0.1) is 0 Å². The van der Waals surface area contributed by atoms with Gasteiger partial charge < -0.3 is 5.11 Å². The topological polar surface area (TPSA) is 38.1 Å². The van der Waals surface area contributed by atoms with Crippen molar-refractivity contribution in [1.82, 2.24) is 9.78 Å². The number of aliphatic hydroxyl groups excluding tert-OH is 1. The van der Waals surface area contributed by atoms with Gasteiger partial charge in [-0.2, -0.15) is 18.3 Å². The van der Waals surface area contributed by atoms with Crippen LogP contribution in [0.2, 0.25) is 0 Å². The minimum Gasteiger partial charge on any atom is -0.378 e. The highest BCUT2D eigenvalue weighted by molar-refractivity contribution is 5.33. The lowest BCUT2D eigenvalue weighted by atomic mass is 10.2. The Balaban J connectivity index is 2.43. The van der Waals surface area contributed by atoms with Crippen molar-refractivity contribution in [3.63, 3.8) is 0 Å². The average molecular weight is 242 g/mol. The lowest BCUT2D eigenvalue weighted by Crippen LogP contribution is -2.23. The van der Waals surface area contributed by atoms with E-state index >= 15 is 0 Å². The van der Waals surface area contributed by atoms with Crippen LogP contribution in [0.15, 0.2) is 42.6 Å². The summed E-state index contributed by atoms with van der Waals surface area (Å²) in [5.74, 6) is 0. The Bertz CT molecular complexity index is 493. The van der Waals surface area contributed by atoms with Crippen LogP contribution in [0.1, 0.15) is 11.8 Å². The number of alkyl halides is 3. The molecule has 0 aliphatic rings. The van der Waals surface area contributed by atoms with Gasteiger partial charge in [0.1, 0.15) is 0 Å². The maximum atomic E-state index is 12.4. The molecule has 0 bridgehead atoms. The normalized spacial score (nSPS) is 13.6. The molecule has 1 N–H and O–H groups in total. The van der Waals surface area contributed by atoms with E-state index < -0.39 is 12.3 Å². The lowest BCUT2D eigenvalue weighted by molar-refractivity contribution is -0.208. The molecule has 1 aromatic carbocycles. The first kappa shape index (κ1) is 11.7. The first-order chi connectivity index (χ1) is 8.00. The first-order valence-electron chi connectivity index (χ1n) is 4.84. The number of rotatable bonds is 2. The maximum Gasteiger partial charge on any atom is 0.420 e. The predicted octanol–water partition coefficient (Wildman–Crippen LogP) is 2.47. The lowest BCUT2D eigenvalue weighted by Gasteiger charge is -2.16. The summed E-state index contributed by atoms with van der Waals surface area (Å²) >= 11 is 0. The summed E-state index contributed by atoms with van der Waals surface area (Å²) in [5.41, 5.74) is 0.166. The van der Waals surface area contributed by atoms with Gasteiger partial charge in [-0.1, -0.05) is 18.2 Å². The van der Waals surface area contributed by atoms with Crippen LogP contribution < -0.4 is 0 Å². The molecule has 0 aliphatic carbocycles. The van der Waals surface area contributed by atoms with Gasteiger partial charge in [0.2, 0.25) is 0 Å². The second kappa shape index (κ2) is 4.21. The van der Waals surface area contributed by atoms with Crippen molar-refractivity contribution in [2.24, 2.45) is 0 Å². The molecule has 3 nitrogen and oxygen atoms in total. The van der Waals surface area contributed by atoms with E-state index in [2.05, 4.69) is 5.10 Å². The van der Waals surface area contributed by atoms with E-state index in [1.54, 1.807) is 30.3 Å². The molecular weight excluding hydrogens is 233 g/mol. The fourth-order valence-corrected chi connectivity index (χ4v) is 1.47. The number of hydrogen-bond donors (Lipinski definition) is 1. The predicted molar refractivity (Wildman–Crippen MR) is 54.6 cm³/mol. The summed E-state index contributed by atoms with van der Waals surface area (Å²) in [6.07, 6.45) is -6.02. The van der Waals surface area contributed by atoms with Crippen LogP contribution >= 0.6 is 0 Å². The van der Waals surface area contributed by atoms with E-state index in [0.29, 0.717) is 5.69 Å². The van der Waals surface area contributed by atoms with Crippen molar-refractivity contribution in [1.29, 1.82) is 0 Å². The molecule has 1 atom stereocenters. The van der Waals surface area contributed by atoms with Gasteiger partial charge in [0, 0.05) is 6.20 Å². The van der Waals surface area contributed by atoms with Crippen molar-refractivity contribution >= 4 is 0 Å². The van der Waals surface area contributed by atoms with E-state index in [0.717, 1.165) is 10.7 Å². The second-order valence-electron chi connectivity index (χ2n) is 3.45. The van der Waals surface area contributed by atoms with Crippen LogP contribution in [0.25, 0.3) is 5.69 Å². The van der Waals surface area contributed by atoms with Crippen molar-refractivity contribution in [3.05, 3.63) is 48.3 Å². The van der Waals surface area contributed by atoms with E-state index in [1.807, 2.05) is 0 Å². The average Bonchev–Trinajstić information content (AvgIpc) is 2.76. The van der Waals surface area contributed by atoms with Gasteiger partial charge in [-0.3, -0.25) is 0 Å². The van der Waals surface area contributed by atoms with Crippen LogP contribution in [0.5, 0.6) is 0 Å². The third-order valence-corrected chi connectivity index (χ3v) is 2.26. The van der Waals surface area contributed by atoms with Gasteiger partial charge in [0.25, 0.3) is 0 Å². The summed E-state index contributed by atoms with van der Waals surface area (Å²) < 4.78 is 38.3. The van der Waals surface area contributed by atoms with Crippen LogP contribution in [0.4, 0.5) is 13.2 Å². The number of para-hydroxylation sites is 1. The standard InChI is InChI=1S/C11H9F3N2O/c12-11(13,14)10(17)9-6-7-15-16(9)8-4-2-1-3-5-8/h1-7,10,17H. The molecule has 2 rings (SSSR count). The summed E-state index contributed by atoms with van der Waals surface area (Å²) in [6, 6.07) is 9.47. The van der Waals surface area contributed by atoms with Crippen molar-refractivity contribution in [2.45, 2.75) is 12.3 Å². The fraction of sp³-hybridized carbons (Fsp3) is 0.182. The van der Waals surface area contributed by atoms with Gasteiger partial charge in [0.05, 0.1) is 11.4 Å². The smallest absolute Gasteiger partial charge is 0.378 e. The number of aliphatic hydroxyl groups is 1. The monoisotopic (exact) mass is 242 g/mol. The molecular formula is C11H9F3N2O. The van der Waals surface area contributed by atoms with Crippen molar-refractivity contribution < 1.29 is 18.3 Å². The molecule has 0 aliphatic heterocycles. The third kappa shape index (κ3) is 2.31. The highest BCUT2D eigenvalue weighted by atomic mass is 19.4. The van der Waals surface area contributed by atoms with Crippen LogP contribution in [0.3, 0.4) is 0 Å². The Morgan fingerprint density at radius 1 is 1.12 bits per heavy atom. The Kier molecular flexibility index (Phi) is 2.89. The number of nitrogens with zero attached hydrogens (tertiary/aromatic N) is 2. The zero-order valence-corrected chi connectivity index (χ0v) is 8.59. The maximum absolute atomic E-state index is 12.4. The summed E-state index contributed by atoms with van der Waals surface area (Å²) in [5, 5.41) is 13.0. The minimum atomic E-state index is -4.70. The largest absolute Gasteiger partial charge is 0.420 e. The molecule has 90 valence electrons. The molecule has 0 amide bonds. The van der Waals surface area contributed by atoms with Crippen LogP contribution in [-0.2, 0) is 0 Å². The Morgan fingerprint density at radius 3 is 2.35 bits per heavy atom. The number of hydrogen-bond acceptors (Lipinski definition) is 2. The molecule has 1 aromatic heterocycles. The van der Waals surface area contributed by atoms with E-state index in [-0.39, 0.29) is 5.69 Å². The number of halogens is 3. The molecule has 2 aromatic rings. The van der Waals surface area contributed by atoms with E-state index in [4.69, 9.17) is 0 Å². The SMILES string of the molecule is OC(c1ccnn1-c1ccccc1)C(F)(F)F. The third-order valence-electron chi connectivity index (χ3n) is 2.26. The Hall–Kier alpha value is -1.82. The van der Waals surface area contributed by atoms with Gasteiger partial charge in [-0.15, -0.1) is 0 Å². The zero-order chi connectivity index (χ0) is 12.5. The van der Waals surface area contributed by atoms with E-state index in [1.165, 1.54) is 6.20 Å². The van der Waals surface area contributed by atoms with Crippen molar-refractivity contribution in [2.75, 3.05) is 0 Å².